The highest BCUT2D eigenvalue weighted by Crippen LogP contribution is 2.33. The van der Waals surface area contributed by atoms with Crippen molar-refractivity contribution in [1.82, 2.24) is 0 Å². The van der Waals surface area contributed by atoms with Crippen molar-refractivity contribution in [2.45, 2.75) is 6.18 Å². The third-order valence-electron chi connectivity index (χ3n) is 1.61. The van der Waals surface area contributed by atoms with Crippen LogP contribution in [0.3, 0.4) is 0 Å². The smallest absolute Gasteiger partial charge is 0.366 e. The summed E-state index contributed by atoms with van der Waals surface area (Å²) >= 11 is 0. The number of carbonyl (C=O) groups excluding carboxylic acids is 1. The lowest BCUT2D eigenvalue weighted by atomic mass is 10.1. The van der Waals surface area contributed by atoms with Gasteiger partial charge in [-0.05, 0) is 12.1 Å². The molecule has 0 fully saturated rings. The fourth-order valence-electron chi connectivity index (χ4n) is 0.986. The summed E-state index contributed by atoms with van der Waals surface area (Å²) in [6.07, 6.45) is -5.15. The Bertz CT molecular complexity index is 389. The van der Waals surface area contributed by atoms with E-state index in [0.29, 0.717) is 0 Å². The molecule has 0 saturated heterocycles. The van der Waals surface area contributed by atoms with Crippen LogP contribution in [0.15, 0.2) is 12.1 Å². The number of hydrogen-bond acceptors (Lipinski definition) is 1. The topological polar surface area (TPSA) is 43.1 Å². The molecule has 0 unspecified atom stereocenters. The summed E-state index contributed by atoms with van der Waals surface area (Å²) in [6.45, 7) is 0. The van der Waals surface area contributed by atoms with Crippen molar-refractivity contribution in [2.75, 3.05) is 0 Å². The minimum absolute atomic E-state index is 0.244. The van der Waals surface area contributed by atoms with Gasteiger partial charge in [-0.2, -0.15) is 13.2 Å². The Hall–Kier alpha value is -1.66. The molecule has 0 atom stereocenters. The van der Waals surface area contributed by atoms with Gasteiger partial charge < -0.3 is 5.73 Å². The number of benzene rings is 1. The average Bonchev–Trinajstić information content (AvgIpc) is 1.99. The van der Waals surface area contributed by atoms with E-state index in [2.05, 4.69) is 5.73 Å². The molecule has 15 heavy (non-hydrogen) atoms. The van der Waals surface area contributed by atoms with E-state index in [1.54, 1.807) is 0 Å². The molecule has 7 heteroatoms. The van der Waals surface area contributed by atoms with Gasteiger partial charge in [-0.3, -0.25) is 4.79 Å². The first kappa shape index (κ1) is 11.4. The molecule has 0 radical (unpaired) electrons. The number of rotatable bonds is 1. The Kier molecular flexibility index (Phi) is 2.65. The minimum atomic E-state index is -5.15. The van der Waals surface area contributed by atoms with Crippen LogP contribution in [-0.4, -0.2) is 5.91 Å². The molecule has 1 rings (SSSR count). The van der Waals surface area contributed by atoms with E-state index in [-0.39, 0.29) is 12.1 Å². The van der Waals surface area contributed by atoms with Gasteiger partial charge in [0, 0.05) is 5.56 Å². The van der Waals surface area contributed by atoms with Gasteiger partial charge in [0.1, 0.15) is 17.2 Å². The van der Waals surface area contributed by atoms with Crippen LogP contribution in [0.25, 0.3) is 0 Å². The molecule has 1 aromatic rings. The van der Waals surface area contributed by atoms with E-state index in [4.69, 9.17) is 0 Å². The summed E-state index contributed by atoms with van der Waals surface area (Å²) in [4.78, 5) is 10.5. The number of alkyl halides is 3. The Morgan fingerprint density at radius 3 is 1.80 bits per heavy atom. The first-order valence-electron chi connectivity index (χ1n) is 3.59. The first-order chi connectivity index (χ1) is 6.73. The van der Waals surface area contributed by atoms with Gasteiger partial charge in [0.05, 0.1) is 0 Å². The molecule has 0 aliphatic rings. The van der Waals surface area contributed by atoms with Crippen molar-refractivity contribution in [3.63, 3.8) is 0 Å². The number of halogens is 5. The highest BCUT2D eigenvalue weighted by Gasteiger charge is 2.38. The number of hydrogen-bond donors (Lipinski definition) is 1. The lowest BCUT2D eigenvalue weighted by molar-refractivity contribution is -0.142. The number of primary amides is 1. The SMILES string of the molecule is NC(=O)c1cc(F)c(C(F)(F)F)c(F)c1. The van der Waals surface area contributed by atoms with Gasteiger partial charge >= 0.3 is 6.18 Å². The van der Waals surface area contributed by atoms with Crippen molar-refractivity contribution in [2.24, 2.45) is 5.73 Å². The third kappa shape index (κ3) is 2.23. The fourth-order valence-corrected chi connectivity index (χ4v) is 0.986. The number of carbonyl (C=O) groups is 1. The largest absolute Gasteiger partial charge is 0.422 e. The molecule has 2 N–H and O–H groups in total. The lowest BCUT2D eigenvalue weighted by Gasteiger charge is -2.09. The maximum absolute atomic E-state index is 12.8. The van der Waals surface area contributed by atoms with E-state index in [1.165, 1.54) is 0 Å². The van der Waals surface area contributed by atoms with Crippen LogP contribution in [0.4, 0.5) is 22.0 Å². The van der Waals surface area contributed by atoms with Crippen molar-refractivity contribution in [1.29, 1.82) is 0 Å². The van der Waals surface area contributed by atoms with Crippen molar-refractivity contribution in [3.8, 4) is 0 Å². The summed E-state index contributed by atoms with van der Waals surface area (Å²) in [5.74, 6) is -4.94. The molecule has 1 amide bonds. The molecule has 1 aromatic carbocycles. The second-order valence-corrected chi connectivity index (χ2v) is 2.68. The molecule has 2 nitrogen and oxygen atoms in total. The predicted octanol–water partition coefficient (Wildman–Crippen LogP) is 2.08. The summed E-state index contributed by atoms with van der Waals surface area (Å²) in [6, 6.07) is 0.489. The first-order valence-corrected chi connectivity index (χ1v) is 3.59. The zero-order chi connectivity index (χ0) is 11.8. The average molecular weight is 225 g/mol. The Balaban J connectivity index is 3.41. The molecule has 0 saturated carbocycles. The fraction of sp³-hybridized carbons (Fsp3) is 0.125. The molecule has 0 aromatic heterocycles. The summed E-state index contributed by atoms with van der Waals surface area (Å²) in [7, 11) is 0. The minimum Gasteiger partial charge on any atom is -0.366 e. The van der Waals surface area contributed by atoms with Crippen molar-refractivity contribution >= 4 is 5.91 Å². The van der Waals surface area contributed by atoms with E-state index in [0.717, 1.165) is 0 Å². The van der Waals surface area contributed by atoms with Crippen LogP contribution < -0.4 is 5.73 Å². The van der Waals surface area contributed by atoms with Crippen LogP contribution in [-0.2, 0) is 6.18 Å². The quantitative estimate of drug-likeness (QED) is 0.730. The van der Waals surface area contributed by atoms with Crippen LogP contribution in [0.2, 0.25) is 0 Å². The third-order valence-corrected chi connectivity index (χ3v) is 1.61. The molecule has 0 heterocycles. The Labute approximate surface area is 80.5 Å². The zero-order valence-corrected chi connectivity index (χ0v) is 7.03. The molecule has 0 aliphatic heterocycles. The maximum Gasteiger partial charge on any atom is 0.422 e. The van der Waals surface area contributed by atoms with Gasteiger partial charge in [-0.1, -0.05) is 0 Å². The summed E-state index contributed by atoms with van der Waals surface area (Å²) in [5, 5.41) is 0. The van der Waals surface area contributed by atoms with Crippen molar-refractivity contribution in [3.05, 3.63) is 34.9 Å². The van der Waals surface area contributed by atoms with Crippen LogP contribution >= 0.6 is 0 Å². The van der Waals surface area contributed by atoms with Gasteiger partial charge in [0.15, 0.2) is 0 Å². The normalized spacial score (nSPS) is 11.5. The Morgan fingerprint density at radius 2 is 1.53 bits per heavy atom. The van der Waals surface area contributed by atoms with Crippen LogP contribution in [0, 0.1) is 11.6 Å². The summed E-state index contributed by atoms with van der Waals surface area (Å²) in [5.41, 5.74) is 1.97. The zero-order valence-electron chi connectivity index (χ0n) is 7.03. The van der Waals surface area contributed by atoms with Gasteiger partial charge in [0.25, 0.3) is 0 Å². The summed E-state index contributed by atoms with van der Waals surface area (Å²) < 4.78 is 61.7. The van der Waals surface area contributed by atoms with E-state index in [1.807, 2.05) is 0 Å². The molecular weight excluding hydrogens is 221 g/mol. The maximum atomic E-state index is 12.8. The second-order valence-electron chi connectivity index (χ2n) is 2.68. The monoisotopic (exact) mass is 225 g/mol. The highest BCUT2D eigenvalue weighted by molar-refractivity contribution is 5.92. The Morgan fingerprint density at radius 1 is 1.13 bits per heavy atom. The molecule has 0 aliphatic carbocycles. The van der Waals surface area contributed by atoms with Crippen LogP contribution in [0.1, 0.15) is 15.9 Å². The standard InChI is InChI=1S/C8H4F5NO/c9-4-1-3(7(14)15)2-5(10)6(4)8(11,12)13/h1-2H,(H2,14,15). The van der Waals surface area contributed by atoms with Gasteiger partial charge in [-0.15, -0.1) is 0 Å². The van der Waals surface area contributed by atoms with E-state index in [9.17, 15) is 26.7 Å². The number of amides is 1. The van der Waals surface area contributed by atoms with Gasteiger partial charge in [0.2, 0.25) is 5.91 Å². The van der Waals surface area contributed by atoms with E-state index < -0.39 is 34.8 Å². The number of nitrogens with two attached hydrogens (primary N) is 1. The van der Waals surface area contributed by atoms with Crippen LogP contribution in [0.5, 0.6) is 0 Å². The van der Waals surface area contributed by atoms with E-state index >= 15 is 0 Å². The highest BCUT2D eigenvalue weighted by atomic mass is 19.4. The van der Waals surface area contributed by atoms with Crippen molar-refractivity contribution < 1.29 is 26.7 Å². The lowest BCUT2D eigenvalue weighted by Crippen LogP contribution is -2.16. The predicted molar refractivity (Wildman–Crippen MR) is 39.9 cm³/mol. The second kappa shape index (κ2) is 3.48. The molecular formula is C8H4F5NO. The molecule has 0 bridgehead atoms. The van der Waals surface area contributed by atoms with Gasteiger partial charge in [-0.25, -0.2) is 8.78 Å². The molecule has 82 valence electrons. The molecule has 0 spiro atoms.